The summed E-state index contributed by atoms with van der Waals surface area (Å²) < 4.78 is 37.7. The molecule has 0 saturated carbocycles. The molecular formula is C11H20ClF3N2O. The maximum absolute atomic E-state index is 12.6. The molecule has 0 aromatic heterocycles. The van der Waals surface area contributed by atoms with E-state index in [4.69, 9.17) is 5.73 Å². The molecule has 2 N–H and O–H groups in total. The molecule has 1 unspecified atom stereocenters. The smallest absolute Gasteiger partial charge is 0.341 e. The van der Waals surface area contributed by atoms with Crippen molar-refractivity contribution in [3.05, 3.63) is 0 Å². The van der Waals surface area contributed by atoms with Gasteiger partial charge in [0.1, 0.15) is 0 Å². The van der Waals surface area contributed by atoms with E-state index in [1.165, 1.54) is 4.90 Å². The van der Waals surface area contributed by atoms with E-state index >= 15 is 0 Å². The molecule has 0 aromatic carbocycles. The predicted octanol–water partition coefficient (Wildman–Crippen LogP) is 2.19. The molecule has 0 aliphatic carbocycles. The van der Waals surface area contributed by atoms with Crippen LogP contribution in [0.2, 0.25) is 0 Å². The first-order valence-corrected chi connectivity index (χ1v) is 5.84. The number of piperidine rings is 1. The highest BCUT2D eigenvalue weighted by Crippen LogP contribution is 2.33. The van der Waals surface area contributed by atoms with Gasteiger partial charge in [-0.2, -0.15) is 13.2 Å². The minimum Gasteiger partial charge on any atom is -0.341 e. The highest BCUT2D eigenvalue weighted by molar-refractivity contribution is 5.85. The van der Waals surface area contributed by atoms with Crippen LogP contribution in [0.15, 0.2) is 0 Å². The highest BCUT2D eigenvalue weighted by atomic mass is 35.5. The zero-order valence-corrected chi connectivity index (χ0v) is 11.4. The lowest BCUT2D eigenvalue weighted by Crippen LogP contribution is -2.51. The van der Waals surface area contributed by atoms with Crippen molar-refractivity contribution in [1.82, 2.24) is 4.90 Å². The van der Waals surface area contributed by atoms with E-state index in [0.29, 0.717) is 13.0 Å². The van der Waals surface area contributed by atoms with Gasteiger partial charge in [0.2, 0.25) is 5.91 Å². The van der Waals surface area contributed by atoms with Crippen molar-refractivity contribution in [2.24, 2.45) is 17.6 Å². The number of rotatable bonds is 2. The SMILES string of the molecule is CC(C)[C@@H](N)C(=O)N1CCCC(C(F)(F)F)C1.Cl. The van der Waals surface area contributed by atoms with Crippen molar-refractivity contribution in [2.45, 2.75) is 38.9 Å². The Hall–Kier alpha value is -0.490. The molecule has 0 bridgehead atoms. The van der Waals surface area contributed by atoms with Crippen molar-refractivity contribution < 1.29 is 18.0 Å². The third kappa shape index (κ3) is 4.31. The summed E-state index contributed by atoms with van der Waals surface area (Å²) in [6.07, 6.45) is -3.73. The Morgan fingerprint density at radius 1 is 1.39 bits per heavy atom. The van der Waals surface area contributed by atoms with E-state index in [2.05, 4.69) is 0 Å². The minimum atomic E-state index is -4.22. The second-order valence-corrected chi connectivity index (χ2v) is 4.93. The average molecular weight is 289 g/mol. The van der Waals surface area contributed by atoms with Gasteiger partial charge < -0.3 is 10.6 Å². The van der Waals surface area contributed by atoms with Gasteiger partial charge in [-0.15, -0.1) is 12.4 Å². The first-order valence-electron chi connectivity index (χ1n) is 5.84. The number of carbonyl (C=O) groups excluding carboxylic acids is 1. The van der Waals surface area contributed by atoms with Crippen LogP contribution < -0.4 is 5.73 Å². The van der Waals surface area contributed by atoms with Crippen LogP contribution in [-0.2, 0) is 4.79 Å². The summed E-state index contributed by atoms with van der Waals surface area (Å²) >= 11 is 0. The molecule has 0 radical (unpaired) electrons. The molecule has 0 spiro atoms. The Balaban J connectivity index is 0.00000289. The third-order valence-electron chi connectivity index (χ3n) is 3.20. The summed E-state index contributed by atoms with van der Waals surface area (Å²) in [7, 11) is 0. The number of alkyl halides is 3. The van der Waals surface area contributed by atoms with Crippen LogP contribution in [0.4, 0.5) is 13.2 Å². The Labute approximate surface area is 111 Å². The molecule has 1 heterocycles. The lowest BCUT2D eigenvalue weighted by molar-refractivity contribution is -0.188. The average Bonchev–Trinajstić information content (AvgIpc) is 2.26. The quantitative estimate of drug-likeness (QED) is 0.847. The van der Waals surface area contributed by atoms with Crippen molar-refractivity contribution in [2.75, 3.05) is 13.1 Å². The van der Waals surface area contributed by atoms with E-state index in [-0.39, 0.29) is 37.2 Å². The summed E-state index contributed by atoms with van der Waals surface area (Å²) in [5, 5.41) is 0. The molecule has 1 amide bonds. The largest absolute Gasteiger partial charge is 0.393 e. The molecule has 3 nitrogen and oxygen atoms in total. The molecule has 0 aromatic rings. The van der Waals surface area contributed by atoms with Crippen molar-refractivity contribution in [3.63, 3.8) is 0 Å². The fourth-order valence-electron chi connectivity index (χ4n) is 1.94. The number of amides is 1. The van der Waals surface area contributed by atoms with Crippen LogP contribution in [0.25, 0.3) is 0 Å². The summed E-state index contributed by atoms with van der Waals surface area (Å²) in [6, 6.07) is -0.706. The van der Waals surface area contributed by atoms with Crippen LogP contribution in [0.5, 0.6) is 0 Å². The summed E-state index contributed by atoms with van der Waals surface area (Å²) in [5.74, 6) is -1.83. The first-order chi connectivity index (χ1) is 7.73. The maximum Gasteiger partial charge on any atom is 0.393 e. The van der Waals surface area contributed by atoms with Gasteiger partial charge in [0.15, 0.2) is 0 Å². The van der Waals surface area contributed by atoms with Crippen LogP contribution in [0.3, 0.4) is 0 Å². The predicted molar refractivity (Wildman–Crippen MR) is 65.4 cm³/mol. The number of nitrogens with two attached hydrogens (primary N) is 1. The highest BCUT2D eigenvalue weighted by Gasteiger charge is 2.43. The van der Waals surface area contributed by atoms with Gasteiger partial charge in [-0.05, 0) is 18.8 Å². The summed E-state index contributed by atoms with van der Waals surface area (Å²) in [4.78, 5) is 13.1. The van der Waals surface area contributed by atoms with Crippen LogP contribution in [0, 0.1) is 11.8 Å². The number of likely N-dealkylation sites (tertiary alicyclic amines) is 1. The Bertz CT molecular complexity index is 284. The van der Waals surface area contributed by atoms with Crippen LogP contribution >= 0.6 is 12.4 Å². The van der Waals surface area contributed by atoms with Crippen molar-refractivity contribution >= 4 is 18.3 Å². The Morgan fingerprint density at radius 2 is 1.94 bits per heavy atom. The Morgan fingerprint density at radius 3 is 2.39 bits per heavy atom. The van der Waals surface area contributed by atoms with Crippen molar-refractivity contribution in [1.29, 1.82) is 0 Å². The topological polar surface area (TPSA) is 46.3 Å². The van der Waals surface area contributed by atoms with Gasteiger partial charge >= 0.3 is 6.18 Å². The van der Waals surface area contributed by atoms with E-state index in [9.17, 15) is 18.0 Å². The number of nitrogens with zero attached hydrogens (tertiary/aromatic N) is 1. The number of carbonyl (C=O) groups is 1. The summed E-state index contributed by atoms with van der Waals surface area (Å²) in [5.41, 5.74) is 5.67. The second kappa shape index (κ2) is 6.61. The van der Waals surface area contributed by atoms with E-state index in [1.54, 1.807) is 13.8 Å². The van der Waals surface area contributed by atoms with Crippen LogP contribution in [0.1, 0.15) is 26.7 Å². The monoisotopic (exact) mass is 288 g/mol. The number of hydrogen-bond donors (Lipinski definition) is 1. The summed E-state index contributed by atoms with van der Waals surface area (Å²) in [6.45, 7) is 3.70. The molecule has 1 aliphatic heterocycles. The van der Waals surface area contributed by atoms with Gasteiger partial charge in [-0.3, -0.25) is 4.79 Å². The number of hydrogen-bond acceptors (Lipinski definition) is 2. The molecule has 2 atom stereocenters. The Kier molecular flexibility index (Phi) is 6.43. The lowest BCUT2D eigenvalue weighted by atomic mass is 9.95. The zero-order valence-electron chi connectivity index (χ0n) is 10.5. The molecule has 1 aliphatic rings. The van der Waals surface area contributed by atoms with E-state index in [1.807, 2.05) is 0 Å². The van der Waals surface area contributed by atoms with E-state index in [0.717, 1.165) is 0 Å². The maximum atomic E-state index is 12.6. The van der Waals surface area contributed by atoms with Gasteiger partial charge in [-0.1, -0.05) is 13.8 Å². The molecule has 7 heteroatoms. The minimum absolute atomic E-state index is 0. The molecule has 1 rings (SSSR count). The van der Waals surface area contributed by atoms with Crippen molar-refractivity contribution in [3.8, 4) is 0 Å². The van der Waals surface area contributed by atoms with E-state index < -0.39 is 18.1 Å². The van der Waals surface area contributed by atoms with Crippen LogP contribution in [-0.4, -0.2) is 36.1 Å². The lowest BCUT2D eigenvalue weighted by Gasteiger charge is -2.35. The standard InChI is InChI=1S/C11H19F3N2O.ClH/c1-7(2)9(15)10(17)16-5-3-4-8(6-16)11(12,13)14;/h7-9H,3-6,15H2,1-2H3;1H/t8?,9-;/m1./s1. The normalized spacial score (nSPS) is 22.6. The first kappa shape index (κ1) is 17.5. The van der Waals surface area contributed by atoms with Gasteiger partial charge in [0, 0.05) is 13.1 Å². The van der Waals surface area contributed by atoms with Gasteiger partial charge in [0.25, 0.3) is 0 Å². The fraction of sp³-hybridized carbons (Fsp3) is 0.909. The molecule has 18 heavy (non-hydrogen) atoms. The second-order valence-electron chi connectivity index (χ2n) is 4.93. The number of halogens is 4. The molecule has 1 saturated heterocycles. The molecule has 108 valence electrons. The molecular weight excluding hydrogens is 269 g/mol. The third-order valence-corrected chi connectivity index (χ3v) is 3.20. The van der Waals surface area contributed by atoms with Gasteiger partial charge in [0.05, 0.1) is 12.0 Å². The molecule has 1 fully saturated rings. The van der Waals surface area contributed by atoms with Gasteiger partial charge in [-0.25, -0.2) is 0 Å². The zero-order chi connectivity index (χ0) is 13.2. The fourth-order valence-corrected chi connectivity index (χ4v) is 1.94.